The lowest BCUT2D eigenvalue weighted by Crippen LogP contribution is -2.21. The van der Waals surface area contributed by atoms with Gasteiger partial charge in [0.1, 0.15) is 5.65 Å². The molecule has 0 bridgehead atoms. The van der Waals surface area contributed by atoms with Gasteiger partial charge in [-0.1, -0.05) is 0 Å². The van der Waals surface area contributed by atoms with Gasteiger partial charge < -0.3 is 9.47 Å². The molecule has 0 radical (unpaired) electrons. The van der Waals surface area contributed by atoms with Crippen LogP contribution in [0.5, 0.6) is 0 Å². The average molecular weight is 282 g/mol. The summed E-state index contributed by atoms with van der Waals surface area (Å²) < 4.78 is 2.87. The van der Waals surface area contributed by atoms with Gasteiger partial charge in [-0.2, -0.15) is 0 Å². The summed E-state index contributed by atoms with van der Waals surface area (Å²) >= 11 is 3.45. The summed E-state index contributed by atoms with van der Waals surface area (Å²) in [6, 6.07) is 1.86. The van der Waals surface area contributed by atoms with E-state index in [1.54, 1.807) is 25.2 Å². The van der Waals surface area contributed by atoms with Crippen molar-refractivity contribution in [2.24, 2.45) is 7.05 Å². The topological polar surface area (TPSA) is 38.1 Å². The number of hydrogen-bond donors (Lipinski definition) is 0. The Balaban J connectivity index is 2.60. The van der Waals surface area contributed by atoms with Crippen molar-refractivity contribution in [1.29, 1.82) is 0 Å². The molecule has 0 saturated heterocycles. The van der Waals surface area contributed by atoms with Gasteiger partial charge in [-0.25, -0.2) is 4.98 Å². The maximum atomic E-state index is 11.8. The molecule has 0 spiro atoms. The summed E-state index contributed by atoms with van der Waals surface area (Å²) in [7, 11) is 5.38. The van der Waals surface area contributed by atoms with Crippen molar-refractivity contribution in [3.05, 3.63) is 28.5 Å². The van der Waals surface area contributed by atoms with Gasteiger partial charge in [0, 0.05) is 43.4 Å². The molecule has 0 aromatic carbocycles. The predicted molar refractivity (Wildman–Crippen MR) is 66.4 cm³/mol. The summed E-state index contributed by atoms with van der Waals surface area (Å²) in [6.45, 7) is 0. The molecule has 0 aliphatic heterocycles. The Hall–Kier alpha value is -1.36. The third-order valence-corrected chi connectivity index (χ3v) is 3.05. The average Bonchev–Trinajstić information content (AvgIpc) is 2.53. The lowest BCUT2D eigenvalue weighted by molar-refractivity contribution is 0.0827. The number of aromatic nitrogens is 2. The van der Waals surface area contributed by atoms with E-state index in [2.05, 4.69) is 20.9 Å². The lowest BCUT2D eigenvalue weighted by Gasteiger charge is -2.09. The monoisotopic (exact) mass is 281 g/mol. The molecule has 0 unspecified atom stereocenters. The molecule has 0 aliphatic rings. The first kappa shape index (κ1) is 11.1. The van der Waals surface area contributed by atoms with Gasteiger partial charge in [0.25, 0.3) is 5.91 Å². The largest absolute Gasteiger partial charge is 0.345 e. The van der Waals surface area contributed by atoms with Crippen LogP contribution in [-0.4, -0.2) is 34.5 Å². The number of pyridine rings is 1. The maximum Gasteiger partial charge on any atom is 0.254 e. The van der Waals surface area contributed by atoms with Gasteiger partial charge in [-0.05, 0) is 22.0 Å². The molecule has 5 heteroatoms. The standard InChI is InChI=1S/C11H12BrN3O/c1-14(2)11(16)7-4-8-9(12)6-15(3)10(8)13-5-7/h4-6H,1-3H3. The van der Waals surface area contributed by atoms with Crippen molar-refractivity contribution in [2.45, 2.75) is 0 Å². The van der Waals surface area contributed by atoms with Gasteiger partial charge in [-0.15, -0.1) is 0 Å². The molecule has 0 saturated carbocycles. The van der Waals surface area contributed by atoms with Crippen LogP contribution >= 0.6 is 15.9 Å². The molecule has 84 valence electrons. The van der Waals surface area contributed by atoms with Crippen LogP contribution in [-0.2, 0) is 7.05 Å². The highest BCUT2D eigenvalue weighted by Gasteiger charge is 2.12. The molecule has 16 heavy (non-hydrogen) atoms. The van der Waals surface area contributed by atoms with Gasteiger partial charge in [0.2, 0.25) is 0 Å². The third kappa shape index (κ3) is 1.71. The van der Waals surface area contributed by atoms with E-state index in [1.807, 2.05) is 23.9 Å². The number of aryl methyl sites for hydroxylation is 1. The SMILES string of the molecule is CN(C)C(=O)c1cnc2c(c1)c(Br)cn2C. The summed E-state index contributed by atoms with van der Waals surface area (Å²) in [5.74, 6) is -0.0369. The van der Waals surface area contributed by atoms with Crippen LogP contribution in [0, 0.1) is 0 Å². The van der Waals surface area contributed by atoms with Crippen LogP contribution in [0.4, 0.5) is 0 Å². The fourth-order valence-corrected chi connectivity index (χ4v) is 2.19. The molecule has 2 heterocycles. The van der Waals surface area contributed by atoms with Crippen LogP contribution in [0.25, 0.3) is 11.0 Å². The van der Waals surface area contributed by atoms with Gasteiger partial charge in [-0.3, -0.25) is 4.79 Å². The van der Waals surface area contributed by atoms with Crippen LogP contribution < -0.4 is 0 Å². The number of halogens is 1. The summed E-state index contributed by atoms with van der Waals surface area (Å²) in [4.78, 5) is 17.6. The zero-order valence-corrected chi connectivity index (χ0v) is 10.9. The van der Waals surface area contributed by atoms with Crippen molar-refractivity contribution in [3.8, 4) is 0 Å². The van der Waals surface area contributed by atoms with Crippen molar-refractivity contribution in [3.63, 3.8) is 0 Å². The first-order valence-corrected chi connectivity index (χ1v) is 5.62. The summed E-state index contributed by atoms with van der Waals surface area (Å²) in [5, 5.41) is 0.954. The molecule has 2 aromatic rings. The first-order chi connectivity index (χ1) is 7.50. The minimum absolute atomic E-state index is 0.0369. The number of nitrogens with zero attached hydrogens (tertiary/aromatic N) is 3. The number of carbonyl (C=O) groups is 1. The van der Waals surface area contributed by atoms with E-state index in [-0.39, 0.29) is 5.91 Å². The number of amides is 1. The Labute approximate surface area is 102 Å². The molecule has 0 atom stereocenters. The van der Waals surface area contributed by atoms with E-state index < -0.39 is 0 Å². The van der Waals surface area contributed by atoms with Gasteiger partial charge >= 0.3 is 0 Å². The van der Waals surface area contributed by atoms with Crippen LogP contribution in [0.3, 0.4) is 0 Å². The normalized spacial score (nSPS) is 10.8. The Morgan fingerprint density at radius 2 is 2.19 bits per heavy atom. The van der Waals surface area contributed by atoms with E-state index in [1.165, 1.54) is 0 Å². The summed E-state index contributed by atoms with van der Waals surface area (Å²) in [6.07, 6.45) is 3.54. The van der Waals surface area contributed by atoms with Gasteiger partial charge in [0.15, 0.2) is 0 Å². The molecule has 4 nitrogen and oxygen atoms in total. The minimum atomic E-state index is -0.0369. The summed E-state index contributed by atoms with van der Waals surface area (Å²) in [5.41, 5.74) is 1.46. The zero-order chi connectivity index (χ0) is 11.9. The van der Waals surface area contributed by atoms with Crippen molar-refractivity contribution in [2.75, 3.05) is 14.1 Å². The second-order valence-electron chi connectivity index (χ2n) is 3.88. The van der Waals surface area contributed by atoms with Crippen LogP contribution in [0.2, 0.25) is 0 Å². The minimum Gasteiger partial charge on any atom is -0.345 e. The fourth-order valence-electron chi connectivity index (χ4n) is 1.59. The molecule has 2 aromatic heterocycles. The lowest BCUT2D eigenvalue weighted by atomic mass is 10.2. The molecule has 0 fully saturated rings. The number of carbonyl (C=O) groups excluding carboxylic acids is 1. The fraction of sp³-hybridized carbons (Fsp3) is 0.273. The third-order valence-electron chi connectivity index (χ3n) is 2.42. The number of fused-ring (bicyclic) bond motifs is 1. The number of hydrogen-bond acceptors (Lipinski definition) is 2. The highest BCUT2D eigenvalue weighted by atomic mass is 79.9. The van der Waals surface area contributed by atoms with Crippen molar-refractivity contribution >= 4 is 32.9 Å². The predicted octanol–water partition coefficient (Wildman–Crippen LogP) is 2.04. The van der Waals surface area contributed by atoms with E-state index in [4.69, 9.17) is 0 Å². The first-order valence-electron chi connectivity index (χ1n) is 4.83. The molecule has 1 amide bonds. The molecular weight excluding hydrogens is 270 g/mol. The van der Waals surface area contributed by atoms with E-state index in [9.17, 15) is 4.79 Å². The zero-order valence-electron chi connectivity index (χ0n) is 9.36. The molecule has 0 aliphatic carbocycles. The van der Waals surface area contributed by atoms with Gasteiger partial charge in [0.05, 0.1) is 5.56 Å². The van der Waals surface area contributed by atoms with E-state index >= 15 is 0 Å². The van der Waals surface area contributed by atoms with Crippen molar-refractivity contribution in [1.82, 2.24) is 14.5 Å². The van der Waals surface area contributed by atoms with E-state index in [0.29, 0.717) is 5.56 Å². The second-order valence-corrected chi connectivity index (χ2v) is 4.74. The van der Waals surface area contributed by atoms with E-state index in [0.717, 1.165) is 15.5 Å². The molecule has 2 rings (SSSR count). The second kappa shape index (κ2) is 3.90. The molecule has 0 N–H and O–H groups in total. The maximum absolute atomic E-state index is 11.8. The Kier molecular flexibility index (Phi) is 2.71. The Morgan fingerprint density at radius 1 is 1.50 bits per heavy atom. The highest BCUT2D eigenvalue weighted by molar-refractivity contribution is 9.10. The van der Waals surface area contributed by atoms with Crippen LogP contribution in [0.1, 0.15) is 10.4 Å². The smallest absolute Gasteiger partial charge is 0.254 e. The Morgan fingerprint density at radius 3 is 2.81 bits per heavy atom. The molecular formula is C11H12BrN3O. The number of rotatable bonds is 1. The quantitative estimate of drug-likeness (QED) is 0.802. The highest BCUT2D eigenvalue weighted by Crippen LogP contribution is 2.24. The van der Waals surface area contributed by atoms with Crippen LogP contribution in [0.15, 0.2) is 22.9 Å². The van der Waals surface area contributed by atoms with Crippen molar-refractivity contribution < 1.29 is 4.79 Å². The Bertz CT molecular complexity index is 560.